The van der Waals surface area contributed by atoms with Gasteiger partial charge in [-0.25, -0.2) is 4.68 Å². The molecule has 5 heteroatoms. The van der Waals surface area contributed by atoms with Crippen molar-refractivity contribution in [1.82, 2.24) is 9.78 Å². The molecule has 0 unspecified atom stereocenters. The van der Waals surface area contributed by atoms with Gasteiger partial charge >= 0.3 is 0 Å². The summed E-state index contributed by atoms with van der Waals surface area (Å²) in [6.45, 7) is 2.00. The molecule has 96 valence electrons. The lowest BCUT2D eigenvalue weighted by Gasteiger charge is -2.03. The highest BCUT2D eigenvalue weighted by Gasteiger charge is 2.16. The SMILES string of the molecule is CCCc1nn(-c2cccc(Br)c2)c(Cl)c1CO. The zero-order chi connectivity index (χ0) is 13.1. The van der Waals surface area contributed by atoms with Gasteiger partial charge in [-0.15, -0.1) is 0 Å². The Bertz CT molecular complexity index is 554. The van der Waals surface area contributed by atoms with Crippen molar-refractivity contribution in [3.63, 3.8) is 0 Å². The number of aromatic nitrogens is 2. The number of hydrogen-bond donors (Lipinski definition) is 1. The third-order valence-corrected chi connectivity index (χ3v) is 3.58. The minimum absolute atomic E-state index is 0.0812. The number of aliphatic hydroxyl groups is 1. The van der Waals surface area contributed by atoms with E-state index in [1.54, 1.807) is 4.68 Å². The molecule has 0 saturated carbocycles. The molecule has 0 atom stereocenters. The molecule has 0 bridgehead atoms. The highest BCUT2D eigenvalue weighted by atomic mass is 79.9. The molecule has 1 N–H and O–H groups in total. The lowest BCUT2D eigenvalue weighted by molar-refractivity contribution is 0.280. The Morgan fingerprint density at radius 1 is 1.44 bits per heavy atom. The smallest absolute Gasteiger partial charge is 0.138 e. The molecular weight excluding hydrogens is 316 g/mol. The molecule has 0 saturated heterocycles. The zero-order valence-electron chi connectivity index (χ0n) is 10.0. The van der Waals surface area contributed by atoms with Crippen LogP contribution in [0.5, 0.6) is 0 Å². The first-order valence-corrected chi connectivity index (χ1v) is 6.97. The van der Waals surface area contributed by atoms with Gasteiger partial charge in [-0.1, -0.05) is 46.9 Å². The first-order chi connectivity index (χ1) is 8.67. The van der Waals surface area contributed by atoms with Crippen molar-refractivity contribution < 1.29 is 5.11 Å². The maximum atomic E-state index is 9.39. The third-order valence-electron chi connectivity index (χ3n) is 2.70. The molecule has 0 radical (unpaired) electrons. The number of nitrogens with zero attached hydrogens (tertiary/aromatic N) is 2. The fraction of sp³-hybridized carbons (Fsp3) is 0.308. The Labute approximate surface area is 120 Å². The average Bonchev–Trinajstić information content (AvgIpc) is 2.66. The predicted molar refractivity (Wildman–Crippen MR) is 76.2 cm³/mol. The molecule has 0 spiro atoms. The fourth-order valence-electron chi connectivity index (χ4n) is 1.84. The minimum atomic E-state index is -0.0812. The highest BCUT2D eigenvalue weighted by molar-refractivity contribution is 9.10. The quantitative estimate of drug-likeness (QED) is 0.928. The van der Waals surface area contributed by atoms with E-state index in [4.69, 9.17) is 11.6 Å². The number of aryl methyl sites for hydroxylation is 1. The van der Waals surface area contributed by atoms with Crippen LogP contribution < -0.4 is 0 Å². The first-order valence-electron chi connectivity index (χ1n) is 5.80. The van der Waals surface area contributed by atoms with E-state index >= 15 is 0 Å². The number of rotatable bonds is 4. The summed E-state index contributed by atoms with van der Waals surface area (Å²) in [5, 5.41) is 14.4. The first kappa shape index (κ1) is 13.6. The molecule has 0 aliphatic rings. The molecule has 0 aliphatic carbocycles. The van der Waals surface area contributed by atoms with Gasteiger partial charge in [-0.2, -0.15) is 5.10 Å². The van der Waals surface area contributed by atoms with Crippen molar-refractivity contribution in [1.29, 1.82) is 0 Å². The van der Waals surface area contributed by atoms with Crippen LogP contribution in [0.2, 0.25) is 5.15 Å². The van der Waals surface area contributed by atoms with Crippen LogP contribution in [-0.2, 0) is 13.0 Å². The van der Waals surface area contributed by atoms with Gasteiger partial charge in [-0.05, 0) is 24.6 Å². The Morgan fingerprint density at radius 3 is 2.83 bits per heavy atom. The molecule has 1 heterocycles. The molecule has 1 aromatic heterocycles. The van der Waals surface area contributed by atoms with Gasteiger partial charge < -0.3 is 5.11 Å². The molecule has 2 aromatic rings. The van der Waals surface area contributed by atoms with Gasteiger partial charge in [0, 0.05) is 10.0 Å². The predicted octanol–water partition coefficient (Wildman–Crippen LogP) is 3.73. The summed E-state index contributed by atoms with van der Waals surface area (Å²) >= 11 is 9.70. The second-order valence-corrected chi connectivity index (χ2v) is 5.29. The number of aliphatic hydroxyl groups excluding tert-OH is 1. The van der Waals surface area contributed by atoms with Gasteiger partial charge in [-0.3, -0.25) is 0 Å². The van der Waals surface area contributed by atoms with E-state index in [2.05, 4.69) is 28.0 Å². The summed E-state index contributed by atoms with van der Waals surface area (Å²) in [4.78, 5) is 0. The number of benzene rings is 1. The molecule has 3 nitrogen and oxygen atoms in total. The van der Waals surface area contributed by atoms with Crippen molar-refractivity contribution >= 4 is 27.5 Å². The maximum Gasteiger partial charge on any atom is 0.138 e. The molecule has 18 heavy (non-hydrogen) atoms. The third kappa shape index (κ3) is 2.60. The Morgan fingerprint density at radius 2 is 2.22 bits per heavy atom. The van der Waals surface area contributed by atoms with Gasteiger partial charge in [0.15, 0.2) is 0 Å². The summed E-state index contributed by atoms with van der Waals surface area (Å²) in [5.74, 6) is 0. The Hall–Kier alpha value is -0.840. The molecule has 0 fully saturated rings. The lowest BCUT2D eigenvalue weighted by atomic mass is 10.2. The zero-order valence-corrected chi connectivity index (χ0v) is 12.4. The van der Waals surface area contributed by atoms with E-state index in [-0.39, 0.29) is 6.61 Å². The van der Waals surface area contributed by atoms with Crippen molar-refractivity contribution in [3.05, 3.63) is 45.1 Å². The molecule has 2 rings (SSSR count). The maximum absolute atomic E-state index is 9.39. The second-order valence-electron chi connectivity index (χ2n) is 4.02. The van der Waals surface area contributed by atoms with Gasteiger partial charge in [0.2, 0.25) is 0 Å². The van der Waals surface area contributed by atoms with E-state index in [9.17, 15) is 5.11 Å². The normalized spacial score (nSPS) is 10.9. The standard InChI is InChI=1S/C13H14BrClN2O/c1-2-4-12-11(8-18)13(15)17(16-12)10-6-3-5-9(14)7-10/h3,5-7,18H,2,4,8H2,1H3. The van der Waals surface area contributed by atoms with Crippen molar-refractivity contribution in [2.75, 3.05) is 0 Å². The van der Waals surface area contributed by atoms with Crippen molar-refractivity contribution in [3.8, 4) is 5.69 Å². The molecule has 1 aromatic carbocycles. The Balaban J connectivity index is 2.51. The number of halogens is 2. The van der Waals surface area contributed by atoms with E-state index in [1.807, 2.05) is 24.3 Å². The van der Waals surface area contributed by atoms with E-state index in [0.717, 1.165) is 34.3 Å². The van der Waals surface area contributed by atoms with Crippen LogP contribution in [-0.4, -0.2) is 14.9 Å². The van der Waals surface area contributed by atoms with E-state index in [0.29, 0.717) is 5.15 Å². The fourth-order valence-corrected chi connectivity index (χ4v) is 2.54. The largest absolute Gasteiger partial charge is 0.391 e. The van der Waals surface area contributed by atoms with Crippen LogP contribution in [0.15, 0.2) is 28.7 Å². The topological polar surface area (TPSA) is 38.0 Å². The monoisotopic (exact) mass is 328 g/mol. The van der Waals surface area contributed by atoms with Crippen molar-refractivity contribution in [2.24, 2.45) is 0 Å². The summed E-state index contributed by atoms with van der Waals surface area (Å²) in [7, 11) is 0. The van der Waals surface area contributed by atoms with Crippen LogP contribution in [0.3, 0.4) is 0 Å². The van der Waals surface area contributed by atoms with Gasteiger partial charge in [0.05, 0.1) is 18.0 Å². The van der Waals surface area contributed by atoms with Crippen LogP contribution in [0, 0.1) is 0 Å². The summed E-state index contributed by atoms with van der Waals surface area (Å²) in [6, 6.07) is 7.74. The number of hydrogen-bond acceptors (Lipinski definition) is 2. The van der Waals surface area contributed by atoms with Crippen LogP contribution in [0.1, 0.15) is 24.6 Å². The lowest BCUT2D eigenvalue weighted by Crippen LogP contribution is -1.97. The minimum Gasteiger partial charge on any atom is -0.391 e. The molecular formula is C13H14BrClN2O. The molecule has 0 amide bonds. The van der Waals surface area contributed by atoms with Crippen LogP contribution in [0.25, 0.3) is 5.69 Å². The van der Waals surface area contributed by atoms with E-state index in [1.165, 1.54) is 0 Å². The Kier molecular flexibility index (Phi) is 4.43. The van der Waals surface area contributed by atoms with Crippen molar-refractivity contribution in [2.45, 2.75) is 26.4 Å². The summed E-state index contributed by atoms with van der Waals surface area (Å²) < 4.78 is 2.64. The van der Waals surface area contributed by atoms with Crippen LogP contribution in [0.4, 0.5) is 0 Å². The van der Waals surface area contributed by atoms with E-state index < -0.39 is 0 Å². The highest BCUT2D eigenvalue weighted by Crippen LogP contribution is 2.26. The molecule has 0 aliphatic heterocycles. The second kappa shape index (κ2) is 5.87. The summed E-state index contributed by atoms with van der Waals surface area (Å²) in [5.41, 5.74) is 2.47. The van der Waals surface area contributed by atoms with Gasteiger partial charge in [0.25, 0.3) is 0 Å². The summed E-state index contributed by atoms with van der Waals surface area (Å²) in [6.07, 6.45) is 1.79. The average molecular weight is 330 g/mol. The van der Waals surface area contributed by atoms with Crippen LogP contribution >= 0.6 is 27.5 Å². The van der Waals surface area contributed by atoms with Gasteiger partial charge in [0.1, 0.15) is 5.15 Å².